The summed E-state index contributed by atoms with van der Waals surface area (Å²) < 4.78 is 11.2. The number of aliphatic imine (C=N–C) groups is 1. The number of ether oxygens (including phenoxy) is 2. The van der Waals surface area contributed by atoms with Crippen molar-refractivity contribution in [2.75, 3.05) is 26.5 Å². The van der Waals surface area contributed by atoms with Crippen molar-refractivity contribution in [3.63, 3.8) is 0 Å². The first kappa shape index (κ1) is 20.8. The quantitative estimate of drug-likeness (QED) is 0.378. The fourth-order valence-electron chi connectivity index (χ4n) is 3.13. The summed E-state index contributed by atoms with van der Waals surface area (Å²) in [5.74, 6) is 2.18. The van der Waals surface area contributed by atoms with E-state index in [4.69, 9.17) is 21.1 Å². The van der Waals surface area contributed by atoms with Crippen LogP contribution in [0.4, 0.5) is 0 Å². The van der Waals surface area contributed by atoms with E-state index < -0.39 is 0 Å². The number of nitrogens with zero attached hydrogens (tertiary/aromatic N) is 1. The highest BCUT2D eigenvalue weighted by molar-refractivity contribution is 14.0. The summed E-state index contributed by atoms with van der Waals surface area (Å²) in [5.41, 5.74) is 1.04. The molecular weight excluding hydrogens is 473 g/mol. The van der Waals surface area contributed by atoms with Gasteiger partial charge in [0.2, 0.25) is 0 Å². The standard InChI is InChI=1S/C17H24ClN3O2S.HI/c1-19-17(21-12-3-4-13(9-12)24-2)20-10-11-7-14(18)16-15(8-11)22-5-6-23-16;/h7-8,12-13H,3-6,9-10H2,1-2H3,(H2,19,20,21);1H. The van der Waals surface area contributed by atoms with Crippen molar-refractivity contribution < 1.29 is 9.47 Å². The Kier molecular flexibility index (Phi) is 8.28. The minimum absolute atomic E-state index is 0. The molecule has 140 valence electrons. The molecule has 1 heterocycles. The number of benzene rings is 1. The molecule has 5 nitrogen and oxygen atoms in total. The molecule has 0 amide bonds. The van der Waals surface area contributed by atoms with Gasteiger partial charge in [-0.2, -0.15) is 11.8 Å². The highest BCUT2D eigenvalue weighted by Crippen LogP contribution is 2.38. The molecule has 1 aromatic carbocycles. The summed E-state index contributed by atoms with van der Waals surface area (Å²) >= 11 is 8.24. The number of thioether (sulfide) groups is 1. The third kappa shape index (κ3) is 5.47. The molecule has 0 radical (unpaired) electrons. The summed E-state index contributed by atoms with van der Waals surface area (Å²) in [6, 6.07) is 4.38. The first-order valence-corrected chi connectivity index (χ1v) is 9.94. The molecule has 3 rings (SSSR count). The third-order valence-corrected chi connectivity index (χ3v) is 5.77. The second-order valence-corrected chi connectivity index (χ2v) is 7.58. The van der Waals surface area contributed by atoms with E-state index in [1.54, 1.807) is 7.05 Å². The number of halogens is 2. The number of fused-ring (bicyclic) bond motifs is 1. The Morgan fingerprint density at radius 1 is 1.32 bits per heavy atom. The predicted octanol–water partition coefficient (Wildman–Crippen LogP) is 3.68. The maximum Gasteiger partial charge on any atom is 0.191 e. The largest absolute Gasteiger partial charge is 0.486 e. The van der Waals surface area contributed by atoms with Crippen molar-refractivity contribution in [1.29, 1.82) is 0 Å². The van der Waals surface area contributed by atoms with Crippen molar-refractivity contribution in [1.82, 2.24) is 10.6 Å². The summed E-state index contributed by atoms with van der Waals surface area (Å²) in [5, 5.41) is 8.22. The summed E-state index contributed by atoms with van der Waals surface area (Å²) in [6.07, 6.45) is 5.85. The Hall–Kier alpha value is -0.540. The van der Waals surface area contributed by atoms with E-state index in [-0.39, 0.29) is 24.0 Å². The monoisotopic (exact) mass is 497 g/mol. The zero-order valence-electron chi connectivity index (χ0n) is 14.5. The maximum atomic E-state index is 6.29. The van der Waals surface area contributed by atoms with E-state index in [0.717, 1.165) is 16.8 Å². The molecule has 1 aromatic rings. The lowest BCUT2D eigenvalue weighted by Crippen LogP contribution is -2.42. The molecule has 1 fully saturated rings. The second-order valence-electron chi connectivity index (χ2n) is 6.04. The lowest BCUT2D eigenvalue weighted by Gasteiger charge is -2.21. The van der Waals surface area contributed by atoms with Gasteiger partial charge in [-0.25, -0.2) is 0 Å². The fraction of sp³-hybridized carbons (Fsp3) is 0.588. The molecular formula is C17H25ClIN3O2S. The third-order valence-electron chi connectivity index (χ3n) is 4.40. The van der Waals surface area contributed by atoms with Crippen molar-refractivity contribution in [3.05, 3.63) is 22.7 Å². The van der Waals surface area contributed by atoms with Crippen molar-refractivity contribution in [3.8, 4) is 11.5 Å². The van der Waals surface area contributed by atoms with Crippen LogP contribution in [0.15, 0.2) is 17.1 Å². The van der Waals surface area contributed by atoms with Crippen LogP contribution in [0, 0.1) is 0 Å². The molecule has 2 aliphatic rings. The van der Waals surface area contributed by atoms with Gasteiger partial charge in [-0.3, -0.25) is 4.99 Å². The molecule has 25 heavy (non-hydrogen) atoms. The predicted molar refractivity (Wildman–Crippen MR) is 116 cm³/mol. The van der Waals surface area contributed by atoms with Crippen LogP contribution in [0.2, 0.25) is 5.02 Å². The zero-order chi connectivity index (χ0) is 16.9. The molecule has 1 aliphatic carbocycles. The number of hydrogen-bond donors (Lipinski definition) is 2. The smallest absolute Gasteiger partial charge is 0.191 e. The Bertz CT molecular complexity index is 618. The highest BCUT2D eigenvalue weighted by Gasteiger charge is 2.24. The van der Waals surface area contributed by atoms with Gasteiger partial charge >= 0.3 is 0 Å². The number of rotatable bonds is 4. The molecule has 0 aromatic heterocycles. The lowest BCUT2D eigenvalue weighted by atomic mass is 10.2. The lowest BCUT2D eigenvalue weighted by molar-refractivity contribution is 0.171. The minimum atomic E-state index is 0. The first-order valence-electron chi connectivity index (χ1n) is 8.27. The van der Waals surface area contributed by atoms with E-state index in [2.05, 4.69) is 21.9 Å². The summed E-state index contributed by atoms with van der Waals surface area (Å²) in [4.78, 5) is 4.33. The molecule has 8 heteroatoms. The zero-order valence-corrected chi connectivity index (χ0v) is 18.4. The Morgan fingerprint density at radius 3 is 2.84 bits per heavy atom. The molecule has 0 saturated heterocycles. The van der Waals surface area contributed by atoms with Gasteiger partial charge in [0.1, 0.15) is 13.2 Å². The molecule has 0 spiro atoms. The van der Waals surface area contributed by atoms with Crippen molar-refractivity contribution in [2.45, 2.75) is 37.1 Å². The van der Waals surface area contributed by atoms with E-state index in [1.165, 1.54) is 19.3 Å². The minimum Gasteiger partial charge on any atom is -0.486 e. The van der Waals surface area contributed by atoms with Crippen LogP contribution in [0.3, 0.4) is 0 Å². The normalized spacial score (nSPS) is 22.3. The van der Waals surface area contributed by atoms with Crippen molar-refractivity contribution >= 4 is 53.3 Å². The van der Waals surface area contributed by atoms with Gasteiger partial charge in [-0.1, -0.05) is 11.6 Å². The van der Waals surface area contributed by atoms with E-state index in [1.807, 2.05) is 23.9 Å². The van der Waals surface area contributed by atoms with Crippen LogP contribution in [0.25, 0.3) is 0 Å². The van der Waals surface area contributed by atoms with Gasteiger partial charge in [-0.15, -0.1) is 24.0 Å². The van der Waals surface area contributed by atoms with Gasteiger partial charge in [0.25, 0.3) is 0 Å². The molecule has 0 bridgehead atoms. The van der Waals surface area contributed by atoms with Crippen molar-refractivity contribution in [2.24, 2.45) is 4.99 Å². The van der Waals surface area contributed by atoms with Crippen LogP contribution >= 0.6 is 47.3 Å². The average Bonchev–Trinajstić information content (AvgIpc) is 3.06. The molecule has 2 unspecified atom stereocenters. The molecule has 2 N–H and O–H groups in total. The van der Waals surface area contributed by atoms with Crippen LogP contribution < -0.4 is 20.1 Å². The van der Waals surface area contributed by atoms with Gasteiger partial charge < -0.3 is 20.1 Å². The fourth-order valence-corrected chi connectivity index (χ4v) is 4.21. The Labute approximate surface area is 175 Å². The van der Waals surface area contributed by atoms with E-state index >= 15 is 0 Å². The molecule has 1 aliphatic heterocycles. The maximum absolute atomic E-state index is 6.29. The van der Waals surface area contributed by atoms with Crippen LogP contribution in [-0.4, -0.2) is 43.8 Å². The van der Waals surface area contributed by atoms with Gasteiger partial charge in [0, 0.05) is 24.9 Å². The van der Waals surface area contributed by atoms with Gasteiger partial charge in [0.15, 0.2) is 17.5 Å². The SMILES string of the molecule is CN=C(NCc1cc(Cl)c2c(c1)OCCO2)NC1CCC(SC)C1.I. The van der Waals surface area contributed by atoms with E-state index in [9.17, 15) is 0 Å². The number of guanidine groups is 1. The van der Waals surface area contributed by atoms with Crippen LogP contribution in [-0.2, 0) is 6.54 Å². The van der Waals surface area contributed by atoms with E-state index in [0.29, 0.717) is 42.3 Å². The summed E-state index contributed by atoms with van der Waals surface area (Å²) in [6.45, 7) is 1.73. The highest BCUT2D eigenvalue weighted by atomic mass is 127. The van der Waals surface area contributed by atoms with Gasteiger partial charge in [0.05, 0.1) is 5.02 Å². The summed E-state index contributed by atoms with van der Waals surface area (Å²) in [7, 11) is 1.80. The van der Waals surface area contributed by atoms with Gasteiger partial charge in [-0.05, 0) is 43.2 Å². The Balaban J connectivity index is 0.00000225. The van der Waals surface area contributed by atoms with Crippen LogP contribution in [0.1, 0.15) is 24.8 Å². The average molecular weight is 498 g/mol. The topological polar surface area (TPSA) is 54.9 Å². The first-order chi connectivity index (χ1) is 11.7. The molecule has 2 atom stereocenters. The number of nitrogens with one attached hydrogen (secondary N) is 2. The number of hydrogen-bond acceptors (Lipinski definition) is 4. The second kappa shape index (κ2) is 9.97. The molecule has 1 saturated carbocycles. The van der Waals surface area contributed by atoms with Crippen LogP contribution in [0.5, 0.6) is 11.5 Å². The Morgan fingerprint density at radius 2 is 2.12 bits per heavy atom.